The molecule has 4 nitrogen and oxygen atoms in total. The highest BCUT2D eigenvalue weighted by Crippen LogP contribution is 2.17. The van der Waals surface area contributed by atoms with Gasteiger partial charge >= 0.3 is 0 Å². The van der Waals surface area contributed by atoms with Gasteiger partial charge in [-0.3, -0.25) is 10.1 Å². The summed E-state index contributed by atoms with van der Waals surface area (Å²) in [5, 5.41) is 19.5. The second kappa shape index (κ2) is 4.84. The Bertz CT molecular complexity index is 366. The number of halogens is 1. The smallest absolute Gasteiger partial charge is 0.272 e. The minimum absolute atomic E-state index is 0.254. The quantitative estimate of drug-likeness (QED) is 0.615. The number of rotatable bonds is 4. The van der Waals surface area contributed by atoms with E-state index in [2.05, 4.69) is 0 Å². The van der Waals surface area contributed by atoms with Gasteiger partial charge in [0.2, 0.25) is 0 Å². The van der Waals surface area contributed by atoms with Crippen LogP contribution in [0.15, 0.2) is 18.2 Å². The van der Waals surface area contributed by atoms with E-state index in [0.717, 1.165) is 6.07 Å². The molecule has 0 aliphatic carbocycles. The summed E-state index contributed by atoms with van der Waals surface area (Å²) in [5.74, 6) is -0.621. The van der Waals surface area contributed by atoms with Crippen molar-refractivity contribution in [3.05, 3.63) is 39.7 Å². The summed E-state index contributed by atoms with van der Waals surface area (Å²) < 4.78 is 12.9. The van der Waals surface area contributed by atoms with E-state index < -0.39 is 16.8 Å². The predicted octanol–water partition coefficient (Wildman–Crippen LogP) is 2.05. The van der Waals surface area contributed by atoms with E-state index in [1.54, 1.807) is 6.92 Å². The molecule has 0 radical (unpaired) electrons. The van der Waals surface area contributed by atoms with Crippen molar-refractivity contribution in [1.82, 2.24) is 0 Å². The number of nitrogens with zero attached hydrogens (tertiary/aromatic N) is 1. The first-order valence-corrected chi connectivity index (χ1v) is 4.61. The average Bonchev–Trinajstić information content (AvgIpc) is 2.13. The van der Waals surface area contributed by atoms with Gasteiger partial charge in [0.05, 0.1) is 17.1 Å². The molecule has 15 heavy (non-hydrogen) atoms. The van der Waals surface area contributed by atoms with Crippen LogP contribution in [0.5, 0.6) is 0 Å². The average molecular weight is 213 g/mol. The largest absolute Gasteiger partial charge is 0.393 e. The van der Waals surface area contributed by atoms with E-state index in [4.69, 9.17) is 5.11 Å². The van der Waals surface area contributed by atoms with E-state index in [0.29, 0.717) is 18.4 Å². The summed E-state index contributed by atoms with van der Waals surface area (Å²) in [6.07, 6.45) is 0.393. The van der Waals surface area contributed by atoms with Gasteiger partial charge in [-0.2, -0.15) is 0 Å². The van der Waals surface area contributed by atoms with E-state index in [-0.39, 0.29) is 5.69 Å². The molecule has 0 bridgehead atoms. The monoisotopic (exact) mass is 213 g/mol. The molecule has 82 valence electrons. The van der Waals surface area contributed by atoms with Crippen LogP contribution in [0, 0.1) is 15.9 Å². The number of aryl methyl sites for hydroxylation is 1. The summed E-state index contributed by atoms with van der Waals surface area (Å²) in [6, 6.07) is 3.45. The van der Waals surface area contributed by atoms with Crippen LogP contribution in [0.1, 0.15) is 18.9 Å². The second-order valence-electron chi connectivity index (χ2n) is 3.46. The number of benzene rings is 1. The molecular formula is C10H12FNO3. The summed E-state index contributed by atoms with van der Waals surface area (Å²) in [6.45, 7) is 1.62. The van der Waals surface area contributed by atoms with Crippen molar-refractivity contribution in [2.75, 3.05) is 0 Å². The molecule has 0 amide bonds. The molecule has 1 N–H and O–H groups in total. The molecule has 5 heteroatoms. The third-order valence-corrected chi connectivity index (χ3v) is 2.00. The third-order valence-electron chi connectivity index (χ3n) is 2.00. The number of hydrogen-bond acceptors (Lipinski definition) is 3. The maximum atomic E-state index is 12.9. The first-order valence-electron chi connectivity index (χ1n) is 4.61. The number of aliphatic hydroxyl groups is 1. The van der Waals surface area contributed by atoms with Gasteiger partial charge in [-0.1, -0.05) is 0 Å². The van der Waals surface area contributed by atoms with Crippen LogP contribution in [0.2, 0.25) is 0 Å². The van der Waals surface area contributed by atoms with Gasteiger partial charge in [0.15, 0.2) is 0 Å². The van der Waals surface area contributed by atoms with Crippen LogP contribution in [-0.4, -0.2) is 16.1 Å². The van der Waals surface area contributed by atoms with Crippen molar-refractivity contribution in [1.29, 1.82) is 0 Å². The first-order chi connectivity index (χ1) is 6.99. The Labute approximate surface area is 86.5 Å². The molecule has 0 fully saturated rings. The van der Waals surface area contributed by atoms with Gasteiger partial charge in [0.25, 0.3) is 5.69 Å². The highest BCUT2D eigenvalue weighted by Gasteiger charge is 2.10. The summed E-state index contributed by atoms with van der Waals surface area (Å²) in [5.41, 5.74) is 0.276. The van der Waals surface area contributed by atoms with E-state index >= 15 is 0 Å². The molecule has 1 atom stereocenters. The van der Waals surface area contributed by atoms with Crippen molar-refractivity contribution in [2.24, 2.45) is 0 Å². The first kappa shape index (κ1) is 11.6. The van der Waals surface area contributed by atoms with Crippen LogP contribution in [0.25, 0.3) is 0 Å². The number of non-ortho nitro benzene ring substituents is 1. The predicted molar refractivity (Wildman–Crippen MR) is 53.1 cm³/mol. The third kappa shape index (κ3) is 3.63. The van der Waals surface area contributed by atoms with Crippen molar-refractivity contribution >= 4 is 5.69 Å². The number of nitro groups is 1. The summed E-state index contributed by atoms with van der Waals surface area (Å²) >= 11 is 0. The minimum atomic E-state index is -0.630. The zero-order valence-electron chi connectivity index (χ0n) is 8.31. The van der Waals surface area contributed by atoms with E-state index in [1.165, 1.54) is 12.1 Å². The summed E-state index contributed by atoms with van der Waals surface area (Å²) in [4.78, 5) is 9.80. The summed E-state index contributed by atoms with van der Waals surface area (Å²) in [7, 11) is 0. The van der Waals surface area contributed by atoms with Crippen LogP contribution < -0.4 is 0 Å². The number of hydrogen-bond donors (Lipinski definition) is 1. The van der Waals surface area contributed by atoms with E-state index in [1.807, 2.05) is 0 Å². The van der Waals surface area contributed by atoms with Crippen molar-refractivity contribution < 1.29 is 14.4 Å². The highest BCUT2D eigenvalue weighted by molar-refractivity contribution is 5.35. The highest BCUT2D eigenvalue weighted by atomic mass is 19.1. The standard InChI is InChI=1S/C10H12FNO3/c1-7(13)2-3-8-4-9(11)6-10(5-8)12(14)15/h4-7,13H,2-3H2,1H3. The Morgan fingerprint density at radius 2 is 2.20 bits per heavy atom. The van der Waals surface area contributed by atoms with Crippen LogP contribution in [0.4, 0.5) is 10.1 Å². The van der Waals surface area contributed by atoms with Gasteiger partial charge in [0.1, 0.15) is 5.82 Å². The molecule has 0 heterocycles. The number of aliphatic hydroxyl groups excluding tert-OH is 1. The maximum Gasteiger partial charge on any atom is 0.272 e. The molecule has 0 aromatic heterocycles. The van der Waals surface area contributed by atoms with Crippen molar-refractivity contribution in [2.45, 2.75) is 25.9 Å². The molecule has 1 rings (SSSR count). The molecular weight excluding hydrogens is 201 g/mol. The van der Waals surface area contributed by atoms with Crippen LogP contribution in [0.3, 0.4) is 0 Å². The van der Waals surface area contributed by atoms with Gasteiger partial charge in [-0.05, 0) is 31.4 Å². The normalized spacial score (nSPS) is 12.5. The molecule has 0 aliphatic rings. The lowest BCUT2D eigenvalue weighted by atomic mass is 10.1. The molecule has 0 spiro atoms. The van der Waals surface area contributed by atoms with Gasteiger partial charge in [-0.25, -0.2) is 4.39 Å². The molecule has 0 saturated heterocycles. The minimum Gasteiger partial charge on any atom is -0.393 e. The Kier molecular flexibility index (Phi) is 3.74. The van der Waals surface area contributed by atoms with Gasteiger partial charge < -0.3 is 5.11 Å². The zero-order chi connectivity index (χ0) is 11.4. The Hall–Kier alpha value is -1.49. The molecule has 1 aromatic carbocycles. The second-order valence-corrected chi connectivity index (χ2v) is 3.46. The molecule has 0 saturated carbocycles. The van der Waals surface area contributed by atoms with Crippen molar-refractivity contribution in [3.63, 3.8) is 0 Å². The molecule has 1 unspecified atom stereocenters. The Balaban J connectivity index is 2.84. The fourth-order valence-electron chi connectivity index (χ4n) is 1.26. The fourth-order valence-corrected chi connectivity index (χ4v) is 1.26. The lowest BCUT2D eigenvalue weighted by Crippen LogP contribution is -2.02. The Morgan fingerprint density at radius 3 is 2.73 bits per heavy atom. The van der Waals surface area contributed by atoms with Crippen LogP contribution >= 0.6 is 0 Å². The topological polar surface area (TPSA) is 63.4 Å². The van der Waals surface area contributed by atoms with E-state index in [9.17, 15) is 14.5 Å². The molecule has 0 aliphatic heterocycles. The van der Waals surface area contributed by atoms with Crippen LogP contribution in [-0.2, 0) is 6.42 Å². The number of nitro benzene ring substituents is 1. The lowest BCUT2D eigenvalue weighted by molar-refractivity contribution is -0.385. The lowest BCUT2D eigenvalue weighted by Gasteiger charge is -2.04. The fraction of sp³-hybridized carbons (Fsp3) is 0.400. The maximum absolute atomic E-state index is 12.9. The van der Waals surface area contributed by atoms with Crippen molar-refractivity contribution in [3.8, 4) is 0 Å². The van der Waals surface area contributed by atoms with Gasteiger partial charge in [-0.15, -0.1) is 0 Å². The SMILES string of the molecule is CC(O)CCc1cc(F)cc([N+](=O)[O-])c1. The van der Waals surface area contributed by atoms with Gasteiger partial charge in [0, 0.05) is 6.07 Å². The zero-order valence-corrected chi connectivity index (χ0v) is 8.31. The molecule has 1 aromatic rings. The Morgan fingerprint density at radius 1 is 1.53 bits per heavy atom.